The van der Waals surface area contributed by atoms with Crippen LogP contribution >= 0.6 is 15.9 Å². The molecule has 1 aromatic rings. The van der Waals surface area contributed by atoms with E-state index in [1.165, 1.54) is 0 Å². The number of nitrogens with zero attached hydrogens (tertiary/aromatic N) is 1. The Morgan fingerprint density at radius 3 is 2.69 bits per heavy atom. The van der Waals surface area contributed by atoms with E-state index in [1.54, 1.807) is 25.1 Å². The van der Waals surface area contributed by atoms with Crippen molar-refractivity contribution in [2.24, 2.45) is 5.92 Å². The molecule has 1 atom stereocenters. The summed E-state index contributed by atoms with van der Waals surface area (Å²) in [6.07, 6.45) is 0. The average molecular weight is 238 g/mol. The fourth-order valence-electron chi connectivity index (χ4n) is 0.953. The molecular formula is C10H8BrNO. The molecule has 0 N–H and O–H groups in total. The van der Waals surface area contributed by atoms with Gasteiger partial charge in [0.15, 0.2) is 5.78 Å². The van der Waals surface area contributed by atoms with Gasteiger partial charge in [0.05, 0.1) is 6.07 Å². The highest BCUT2D eigenvalue weighted by molar-refractivity contribution is 9.10. The first-order valence-electron chi connectivity index (χ1n) is 3.85. The lowest BCUT2D eigenvalue weighted by atomic mass is 10.0. The normalized spacial score (nSPS) is 11.8. The van der Waals surface area contributed by atoms with Gasteiger partial charge in [0, 0.05) is 10.0 Å². The summed E-state index contributed by atoms with van der Waals surface area (Å²) in [6, 6.07) is 9.03. The molecule has 0 radical (unpaired) electrons. The third kappa shape index (κ3) is 2.16. The van der Waals surface area contributed by atoms with Crippen LogP contribution in [0.25, 0.3) is 0 Å². The van der Waals surface area contributed by atoms with E-state index in [4.69, 9.17) is 5.26 Å². The molecule has 0 saturated carbocycles. The van der Waals surface area contributed by atoms with Crippen LogP contribution in [-0.2, 0) is 0 Å². The van der Waals surface area contributed by atoms with E-state index < -0.39 is 5.92 Å². The molecule has 0 saturated heterocycles. The second-order valence-corrected chi connectivity index (χ2v) is 3.55. The summed E-state index contributed by atoms with van der Waals surface area (Å²) in [4.78, 5) is 11.5. The predicted octanol–water partition coefficient (Wildman–Crippen LogP) is 2.79. The fourth-order valence-corrected chi connectivity index (χ4v) is 1.43. The van der Waals surface area contributed by atoms with E-state index in [0.717, 1.165) is 4.47 Å². The Morgan fingerprint density at radius 2 is 2.15 bits per heavy atom. The Bertz CT molecular complexity index is 367. The highest BCUT2D eigenvalue weighted by Gasteiger charge is 2.15. The van der Waals surface area contributed by atoms with E-state index in [1.807, 2.05) is 12.1 Å². The Morgan fingerprint density at radius 1 is 1.54 bits per heavy atom. The summed E-state index contributed by atoms with van der Waals surface area (Å²) in [5.74, 6) is -0.728. The van der Waals surface area contributed by atoms with Gasteiger partial charge in [-0.25, -0.2) is 0 Å². The Labute approximate surface area is 85.3 Å². The summed E-state index contributed by atoms with van der Waals surface area (Å²) in [5, 5.41) is 8.57. The minimum atomic E-state index is -0.585. The van der Waals surface area contributed by atoms with Crippen LogP contribution in [0.1, 0.15) is 17.3 Å². The molecule has 1 aromatic carbocycles. The summed E-state index contributed by atoms with van der Waals surface area (Å²) in [7, 11) is 0. The second kappa shape index (κ2) is 4.20. The van der Waals surface area contributed by atoms with Crippen molar-refractivity contribution in [3.63, 3.8) is 0 Å². The number of carbonyl (C=O) groups is 1. The molecule has 0 spiro atoms. The molecular weight excluding hydrogens is 230 g/mol. The lowest BCUT2D eigenvalue weighted by molar-refractivity contribution is 0.0956. The van der Waals surface area contributed by atoms with Gasteiger partial charge in [0.1, 0.15) is 5.92 Å². The molecule has 2 nitrogen and oxygen atoms in total. The number of ketones is 1. The van der Waals surface area contributed by atoms with E-state index in [-0.39, 0.29) is 5.78 Å². The molecule has 0 aliphatic rings. The van der Waals surface area contributed by atoms with Crippen LogP contribution in [-0.4, -0.2) is 5.78 Å². The number of carbonyl (C=O) groups excluding carboxylic acids is 1. The highest BCUT2D eigenvalue weighted by Crippen LogP contribution is 2.19. The fraction of sp³-hybridized carbons (Fsp3) is 0.200. The van der Waals surface area contributed by atoms with Gasteiger partial charge < -0.3 is 0 Å². The summed E-state index contributed by atoms with van der Waals surface area (Å²) in [5.41, 5.74) is 0.566. The quantitative estimate of drug-likeness (QED) is 0.743. The van der Waals surface area contributed by atoms with Crippen molar-refractivity contribution in [3.05, 3.63) is 34.3 Å². The van der Waals surface area contributed by atoms with E-state index in [2.05, 4.69) is 15.9 Å². The highest BCUT2D eigenvalue weighted by atomic mass is 79.9. The molecule has 0 bridgehead atoms. The molecule has 0 amide bonds. The Balaban J connectivity index is 3.04. The van der Waals surface area contributed by atoms with Gasteiger partial charge in [0.2, 0.25) is 0 Å². The Hall–Kier alpha value is -1.14. The summed E-state index contributed by atoms with van der Waals surface area (Å²) < 4.78 is 0.738. The predicted molar refractivity (Wildman–Crippen MR) is 53.2 cm³/mol. The molecule has 3 heteroatoms. The van der Waals surface area contributed by atoms with E-state index in [0.29, 0.717) is 5.56 Å². The van der Waals surface area contributed by atoms with Crippen molar-refractivity contribution >= 4 is 21.7 Å². The first kappa shape index (κ1) is 9.94. The van der Waals surface area contributed by atoms with Gasteiger partial charge in [-0.2, -0.15) is 5.26 Å². The van der Waals surface area contributed by atoms with Crippen LogP contribution in [0.15, 0.2) is 28.7 Å². The standard InChI is InChI=1S/C10H8BrNO/c1-7(6-12)10(13)8-4-2-3-5-9(8)11/h2-5,7H,1H3. The van der Waals surface area contributed by atoms with E-state index >= 15 is 0 Å². The van der Waals surface area contributed by atoms with Crippen molar-refractivity contribution in [1.82, 2.24) is 0 Å². The number of hydrogen-bond donors (Lipinski definition) is 0. The number of Topliss-reactive ketones (excluding diaryl/α,β-unsaturated/α-hetero) is 1. The van der Waals surface area contributed by atoms with Crippen LogP contribution in [0, 0.1) is 17.2 Å². The van der Waals surface area contributed by atoms with Crippen molar-refractivity contribution < 1.29 is 4.79 Å². The second-order valence-electron chi connectivity index (χ2n) is 2.69. The molecule has 0 heterocycles. The number of nitriles is 1. The zero-order valence-electron chi connectivity index (χ0n) is 7.12. The monoisotopic (exact) mass is 237 g/mol. The van der Waals surface area contributed by atoms with Crippen LogP contribution in [0.3, 0.4) is 0 Å². The van der Waals surface area contributed by atoms with Gasteiger partial charge >= 0.3 is 0 Å². The van der Waals surface area contributed by atoms with Crippen LogP contribution < -0.4 is 0 Å². The molecule has 0 aliphatic heterocycles. The first-order valence-corrected chi connectivity index (χ1v) is 4.64. The molecule has 1 rings (SSSR count). The largest absolute Gasteiger partial charge is 0.293 e. The van der Waals surface area contributed by atoms with Gasteiger partial charge in [-0.15, -0.1) is 0 Å². The zero-order chi connectivity index (χ0) is 9.84. The van der Waals surface area contributed by atoms with Crippen LogP contribution in [0.2, 0.25) is 0 Å². The summed E-state index contributed by atoms with van der Waals surface area (Å²) >= 11 is 3.26. The molecule has 13 heavy (non-hydrogen) atoms. The number of rotatable bonds is 2. The van der Waals surface area contributed by atoms with Crippen molar-refractivity contribution in [2.75, 3.05) is 0 Å². The third-order valence-corrected chi connectivity index (χ3v) is 2.42. The number of hydrogen-bond acceptors (Lipinski definition) is 2. The number of benzene rings is 1. The maximum absolute atomic E-state index is 11.5. The molecule has 1 unspecified atom stereocenters. The van der Waals surface area contributed by atoms with Crippen molar-refractivity contribution in [1.29, 1.82) is 5.26 Å². The van der Waals surface area contributed by atoms with E-state index in [9.17, 15) is 4.79 Å². The average Bonchev–Trinajstić information content (AvgIpc) is 2.16. The van der Waals surface area contributed by atoms with Gasteiger partial charge in [0.25, 0.3) is 0 Å². The van der Waals surface area contributed by atoms with Gasteiger partial charge in [-0.3, -0.25) is 4.79 Å². The smallest absolute Gasteiger partial charge is 0.180 e. The zero-order valence-corrected chi connectivity index (χ0v) is 8.71. The Kier molecular flexibility index (Phi) is 3.21. The lowest BCUT2D eigenvalue weighted by Gasteiger charge is -2.03. The molecule has 66 valence electrons. The minimum Gasteiger partial charge on any atom is -0.293 e. The minimum absolute atomic E-state index is 0.144. The molecule has 0 aromatic heterocycles. The third-order valence-electron chi connectivity index (χ3n) is 1.73. The SMILES string of the molecule is CC(C#N)C(=O)c1ccccc1Br. The molecule has 0 fully saturated rings. The topological polar surface area (TPSA) is 40.9 Å². The number of halogens is 1. The maximum Gasteiger partial charge on any atom is 0.180 e. The summed E-state index contributed by atoms with van der Waals surface area (Å²) in [6.45, 7) is 1.60. The van der Waals surface area contributed by atoms with Crippen LogP contribution in [0.4, 0.5) is 0 Å². The van der Waals surface area contributed by atoms with Gasteiger partial charge in [-0.05, 0) is 13.0 Å². The lowest BCUT2D eigenvalue weighted by Crippen LogP contribution is -2.09. The first-order chi connectivity index (χ1) is 6.16. The van der Waals surface area contributed by atoms with Crippen molar-refractivity contribution in [2.45, 2.75) is 6.92 Å². The molecule has 0 aliphatic carbocycles. The maximum atomic E-state index is 11.5. The van der Waals surface area contributed by atoms with Crippen molar-refractivity contribution in [3.8, 4) is 6.07 Å². The van der Waals surface area contributed by atoms with Gasteiger partial charge in [-0.1, -0.05) is 34.1 Å². The van der Waals surface area contributed by atoms with Crippen LogP contribution in [0.5, 0.6) is 0 Å².